The third-order valence-corrected chi connectivity index (χ3v) is 6.57. The van der Waals surface area contributed by atoms with Gasteiger partial charge in [-0.15, -0.1) is 0 Å². The molecule has 2 heterocycles. The molecule has 0 aliphatic carbocycles. The van der Waals surface area contributed by atoms with Crippen molar-refractivity contribution in [3.63, 3.8) is 0 Å². The Hall–Kier alpha value is -4.99. The van der Waals surface area contributed by atoms with Crippen LogP contribution in [-0.4, -0.2) is 85.8 Å². The number of aryl methyl sites for hydroxylation is 1. The SMILES string of the molecule is COC(=O)[C@@]1(Oc2ccc3c(C)cc(=O)oc3c2)C[C@H](OC(C)=O)[C@@H](OC(C)=O)[C@H]([C@H](OC(C)=O)[C@@H](COC(C)=O)OC(C)=O)O1. The first-order valence-corrected chi connectivity index (χ1v) is 13.9. The third kappa shape index (κ3) is 8.80. The highest BCUT2D eigenvalue weighted by atomic mass is 16.8. The molecule has 1 aromatic carbocycles. The second-order valence-corrected chi connectivity index (χ2v) is 10.3. The first-order valence-electron chi connectivity index (χ1n) is 13.9. The van der Waals surface area contributed by atoms with Crippen molar-refractivity contribution in [2.24, 2.45) is 0 Å². The van der Waals surface area contributed by atoms with E-state index >= 15 is 0 Å². The molecule has 250 valence electrons. The summed E-state index contributed by atoms with van der Waals surface area (Å²) in [6.07, 6.45) is -8.94. The van der Waals surface area contributed by atoms with E-state index in [1.54, 1.807) is 13.0 Å². The molecule has 16 nitrogen and oxygen atoms in total. The van der Waals surface area contributed by atoms with Crippen LogP contribution >= 0.6 is 0 Å². The zero-order valence-corrected chi connectivity index (χ0v) is 26.1. The maximum atomic E-state index is 13.5. The number of fused-ring (bicyclic) bond motifs is 1. The lowest BCUT2D eigenvalue weighted by Gasteiger charge is -2.47. The lowest BCUT2D eigenvalue weighted by molar-refractivity contribution is -0.309. The summed E-state index contributed by atoms with van der Waals surface area (Å²) in [6.45, 7) is 6.21. The van der Waals surface area contributed by atoms with Crippen LogP contribution in [0.25, 0.3) is 11.0 Å². The Bertz CT molecular complexity index is 1560. The van der Waals surface area contributed by atoms with Crippen molar-refractivity contribution >= 4 is 46.8 Å². The van der Waals surface area contributed by atoms with Crippen LogP contribution in [0.4, 0.5) is 0 Å². The molecule has 1 fully saturated rings. The molecule has 1 aliphatic rings. The molecular formula is C30H34O16. The number of carbonyl (C=O) groups excluding carboxylic acids is 6. The zero-order valence-electron chi connectivity index (χ0n) is 26.1. The van der Waals surface area contributed by atoms with E-state index in [1.165, 1.54) is 18.2 Å². The molecule has 2 aromatic rings. The van der Waals surface area contributed by atoms with Gasteiger partial charge in [0.1, 0.15) is 30.1 Å². The van der Waals surface area contributed by atoms with Crippen LogP contribution in [0.3, 0.4) is 0 Å². The molecule has 0 radical (unpaired) electrons. The van der Waals surface area contributed by atoms with Gasteiger partial charge in [-0.2, -0.15) is 0 Å². The number of benzene rings is 1. The second kappa shape index (κ2) is 14.9. The number of carbonyl (C=O) groups is 6. The fraction of sp³-hybridized carbons (Fsp3) is 0.500. The maximum Gasteiger partial charge on any atom is 0.379 e. The van der Waals surface area contributed by atoms with Gasteiger partial charge in [0.15, 0.2) is 18.3 Å². The number of esters is 6. The molecule has 46 heavy (non-hydrogen) atoms. The van der Waals surface area contributed by atoms with E-state index in [9.17, 15) is 33.6 Å². The molecule has 0 unspecified atom stereocenters. The van der Waals surface area contributed by atoms with Crippen molar-refractivity contribution in [2.45, 2.75) is 84.3 Å². The van der Waals surface area contributed by atoms with Crippen molar-refractivity contribution in [3.05, 3.63) is 40.2 Å². The largest absolute Gasteiger partial charge is 0.464 e. The zero-order chi connectivity index (χ0) is 34.3. The Balaban J connectivity index is 2.25. The monoisotopic (exact) mass is 650 g/mol. The smallest absolute Gasteiger partial charge is 0.379 e. The average Bonchev–Trinajstić information content (AvgIpc) is 2.93. The molecule has 0 amide bonds. The summed E-state index contributed by atoms with van der Waals surface area (Å²) in [5.74, 6) is -8.18. The number of hydrogen-bond donors (Lipinski definition) is 0. The molecular weight excluding hydrogens is 616 g/mol. The molecule has 1 saturated heterocycles. The summed E-state index contributed by atoms with van der Waals surface area (Å²) >= 11 is 0. The van der Waals surface area contributed by atoms with E-state index in [1.807, 2.05) is 0 Å². The molecule has 0 saturated carbocycles. The van der Waals surface area contributed by atoms with Gasteiger partial charge in [-0.25, -0.2) is 9.59 Å². The Labute approximate surface area is 262 Å². The number of methoxy groups -OCH3 is 1. The van der Waals surface area contributed by atoms with Gasteiger partial charge in [0.05, 0.1) is 13.5 Å². The van der Waals surface area contributed by atoms with Gasteiger partial charge in [0.2, 0.25) is 0 Å². The van der Waals surface area contributed by atoms with Gasteiger partial charge in [-0.05, 0) is 24.6 Å². The summed E-state index contributed by atoms with van der Waals surface area (Å²) in [5, 5.41) is 0.554. The lowest BCUT2D eigenvalue weighted by Crippen LogP contribution is -2.67. The third-order valence-electron chi connectivity index (χ3n) is 6.57. The highest BCUT2D eigenvalue weighted by Gasteiger charge is 2.61. The van der Waals surface area contributed by atoms with Crippen molar-refractivity contribution in [1.82, 2.24) is 0 Å². The van der Waals surface area contributed by atoms with E-state index in [2.05, 4.69) is 0 Å². The summed E-state index contributed by atoms with van der Waals surface area (Å²) < 4.78 is 49.3. The molecule has 3 rings (SSSR count). The molecule has 0 spiro atoms. The van der Waals surface area contributed by atoms with Crippen LogP contribution in [0.15, 0.2) is 33.5 Å². The van der Waals surface area contributed by atoms with Crippen LogP contribution in [0, 0.1) is 6.92 Å². The Morgan fingerprint density at radius 3 is 2.11 bits per heavy atom. The normalized spacial score (nSPS) is 22.0. The topological polar surface area (TPSA) is 206 Å². The van der Waals surface area contributed by atoms with Crippen molar-refractivity contribution < 1.29 is 71.1 Å². The molecule has 0 bridgehead atoms. The van der Waals surface area contributed by atoms with Gasteiger partial charge in [0.25, 0.3) is 0 Å². The van der Waals surface area contributed by atoms with E-state index in [4.69, 9.17) is 42.3 Å². The van der Waals surface area contributed by atoms with E-state index in [0.717, 1.165) is 41.7 Å². The average molecular weight is 651 g/mol. The lowest BCUT2D eigenvalue weighted by atomic mass is 9.89. The molecule has 1 aromatic heterocycles. The molecule has 1 aliphatic heterocycles. The fourth-order valence-corrected chi connectivity index (χ4v) is 4.95. The van der Waals surface area contributed by atoms with Crippen LogP contribution in [0.1, 0.15) is 46.6 Å². The standard InChI is InChI=1S/C30H34O16/c1-14-10-25(36)44-22-11-20(8-9-21(14)22)45-30(29(37)38-7)12-23(40-16(3)32)26(42-18(5)34)28(46-30)27(43-19(6)35)24(41-17(4)33)13-39-15(2)31/h8-11,23-24,26-28H,12-13H2,1-7H3/t23-,24+,26+,27+,28+,30+/m0/s1. The predicted octanol–water partition coefficient (Wildman–Crippen LogP) is 1.43. The van der Waals surface area contributed by atoms with Crippen LogP contribution in [-0.2, 0) is 61.9 Å². The second-order valence-electron chi connectivity index (χ2n) is 10.3. The fourth-order valence-electron chi connectivity index (χ4n) is 4.95. The number of rotatable bonds is 11. The first kappa shape index (κ1) is 35.5. The van der Waals surface area contributed by atoms with Crippen LogP contribution in [0.2, 0.25) is 0 Å². The van der Waals surface area contributed by atoms with Crippen molar-refractivity contribution in [2.75, 3.05) is 13.7 Å². The summed E-state index contributed by atoms with van der Waals surface area (Å²) in [7, 11) is 1.01. The van der Waals surface area contributed by atoms with Gasteiger partial charge in [0, 0.05) is 52.1 Å². The highest BCUT2D eigenvalue weighted by molar-refractivity contribution is 5.82. The van der Waals surface area contributed by atoms with Gasteiger partial charge < -0.3 is 42.3 Å². The van der Waals surface area contributed by atoms with Crippen LogP contribution < -0.4 is 10.4 Å². The van der Waals surface area contributed by atoms with E-state index in [-0.39, 0.29) is 11.3 Å². The summed E-state index contributed by atoms with van der Waals surface area (Å²) in [6, 6.07) is 5.58. The number of ether oxygens (including phenoxy) is 8. The molecule has 16 heteroatoms. The Kier molecular flexibility index (Phi) is 11.5. The predicted molar refractivity (Wildman–Crippen MR) is 151 cm³/mol. The quantitative estimate of drug-likeness (QED) is 0.191. The number of hydrogen-bond acceptors (Lipinski definition) is 16. The van der Waals surface area contributed by atoms with E-state index in [0.29, 0.717) is 10.9 Å². The van der Waals surface area contributed by atoms with Gasteiger partial charge >= 0.3 is 47.2 Å². The minimum atomic E-state index is -2.52. The van der Waals surface area contributed by atoms with Crippen LogP contribution in [0.5, 0.6) is 5.75 Å². The maximum absolute atomic E-state index is 13.5. The van der Waals surface area contributed by atoms with E-state index < -0.39 is 90.8 Å². The van der Waals surface area contributed by atoms with Gasteiger partial charge in [-0.3, -0.25) is 24.0 Å². The molecule has 0 N–H and O–H groups in total. The summed E-state index contributed by atoms with van der Waals surface area (Å²) in [4.78, 5) is 86.2. The van der Waals surface area contributed by atoms with Crippen molar-refractivity contribution in [1.29, 1.82) is 0 Å². The van der Waals surface area contributed by atoms with Gasteiger partial charge in [-0.1, -0.05) is 0 Å². The molecule has 6 atom stereocenters. The Morgan fingerprint density at radius 1 is 0.891 bits per heavy atom. The minimum absolute atomic E-state index is 0.0848. The summed E-state index contributed by atoms with van der Waals surface area (Å²) in [5.41, 5.74) is 0.0480. The minimum Gasteiger partial charge on any atom is -0.464 e. The Morgan fingerprint density at radius 2 is 1.54 bits per heavy atom. The van der Waals surface area contributed by atoms with Crippen molar-refractivity contribution in [3.8, 4) is 5.75 Å². The highest BCUT2D eigenvalue weighted by Crippen LogP contribution is 2.39. The first-order chi connectivity index (χ1) is 21.5.